The van der Waals surface area contributed by atoms with Crippen molar-refractivity contribution in [1.82, 2.24) is 0 Å². The summed E-state index contributed by atoms with van der Waals surface area (Å²) in [6.45, 7) is 6.98. The average molecular weight is 496 g/mol. The van der Waals surface area contributed by atoms with Gasteiger partial charge in [-0.25, -0.2) is 8.78 Å². The molecule has 0 aromatic heterocycles. The number of aromatic hydroxyl groups is 1. The van der Waals surface area contributed by atoms with Crippen LogP contribution in [0, 0.1) is 18.6 Å². The highest BCUT2D eigenvalue weighted by atomic mass is 32.2. The first-order valence-corrected chi connectivity index (χ1v) is 11.0. The fourth-order valence-corrected chi connectivity index (χ4v) is 4.10. The maximum atomic E-state index is 13.9. The molecule has 9 heteroatoms. The second kappa shape index (κ2) is 9.29. The number of alkyl halides is 3. The Morgan fingerprint density at radius 3 is 2.00 bits per heavy atom. The van der Waals surface area contributed by atoms with Gasteiger partial charge >= 0.3 is 5.51 Å². The number of rotatable bonds is 4. The number of amides is 1. The van der Waals surface area contributed by atoms with E-state index < -0.39 is 28.5 Å². The zero-order valence-corrected chi connectivity index (χ0v) is 19.6. The number of thioether (sulfide) groups is 1. The van der Waals surface area contributed by atoms with E-state index in [9.17, 15) is 31.9 Å². The molecule has 3 rings (SSSR count). The fourth-order valence-electron chi connectivity index (χ4n) is 3.56. The zero-order valence-electron chi connectivity index (χ0n) is 18.8. The van der Waals surface area contributed by atoms with E-state index in [4.69, 9.17) is 0 Å². The molecule has 0 bridgehead atoms. The summed E-state index contributed by atoms with van der Waals surface area (Å²) in [7, 11) is 0. The number of phenolic OH excluding ortho intramolecular Hbond substituents is 1. The SMILES string of the molecule is Cc1c(-c2cc(F)cc(F)c2)cc(C(C)(C)C)c(O)c1C(=O)Nc1ccc(SC(F)(F)F)cc1. The maximum Gasteiger partial charge on any atom is 0.446 e. The molecule has 0 saturated heterocycles. The van der Waals surface area contributed by atoms with Crippen LogP contribution in [-0.4, -0.2) is 16.5 Å². The Bertz CT molecular complexity index is 1210. The van der Waals surface area contributed by atoms with Gasteiger partial charge in [0.15, 0.2) is 0 Å². The van der Waals surface area contributed by atoms with E-state index in [-0.39, 0.29) is 44.8 Å². The third kappa shape index (κ3) is 5.88. The van der Waals surface area contributed by atoms with E-state index >= 15 is 0 Å². The topological polar surface area (TPSA) is 49.3 Å². The molecule has 0 aliphatic heterocycles. The molecule has 0 atom stereocenters. The predicted octanol–water partition coefficient (Wildman–Crippen LogP) is 7.81. The molecule has 0 aliphatic rings. The van der Waals surface area contributed by atoms with Gasteiger partial charge in [0.2, 0.25) is 0 Å². The number of benzene rings is 3. The minimum atomic E-state index is -4.44. The number of carbonyl (C=O) groups excluding carboxylic acids is 1. The van der Waals surface area contributed by atoms with Crippen molar-refractivity contribution in [3.8, 4) is 16.9 Å². The van der Waals surface area contributed by atoms with Gasteiger partial charge in [0.1, 0.15) is 17.4 Å². The summed E-state index contributed by atoms with van der Waals surface area (Å²) in [6, 6.07) is 9.65. The molecule has 34 heavy (non-hydrogen) atoms. The molecule has 0 radical (unpaired) electrons. The van der Waals surface area contributed by atoms with Crippen LogP contribution in [0.15, 0.2) is 53.4 Å². The minimum Gasteiger partial charge on any atom is -0.507 e. The quantitative estimate of drug-likeness (QED) is 0.287. The molecule has 3 nitrogen and oxygen atoms in total. The van der Waals surface area contributed by atoms with Gasteiger partial charge in [-0.1, -0.05) is 20.8 Å². The fraction of sp³-hybridized carbons (Fsp3) is 0.240. The van der Waals surface area contributed by atoms with Crippen LogP contribution in [0.2, 0.25) is 0 Å². The first-order chi connectivity index (χ1) is 15.7. The summed E-state index contributed by atoms with van der Waals surface area (Å²) in [4.78, 5) is 13.1. The molecule has 0 saturated carbocycles. The highest BCUT2D eigenvalue weighted by Gasteiger charge is 2.30. The number of hydrogen-bond donors (Lipinski definition) is 2. The Morgan fingerprint density at radius 1 is 0.941 bits per heavy atom. The standard InChI is InChI=1S/C25H22F5NO2S/c1-13-19(14-9-15(26)11-16(27)10-14)12-20(24(2,3)4)22(32)21(13)23(33)31-17-5-7-18(8-6-17)34-25(28,29)30/h5-12,32H,1-4H3,(H,31,33). The van der Waals surface area contributed by atoms with Crippen molar-refractivity contribution in [1.29, 1.82) is 0 Å². The molecule has 0 unspecified atom stereocenters. The third-order valence-corrected chi connectivity index (χ3v) is 5.85. The monoisotopic (exact) mass is 495 g/mol. The van der Waals surface area contributed by atoms with Crippen LogP contribution in [0.5, 0.6) is 5.75 Å². The van der Waals surface area contributed by atoms with Crippen molar-refractivity contribution in [2.24, 2.45) is 0 Å². The lowest BCUT2D eigenvalue weighted by atomic mass is 9.81. The van der Waals surface area contributed by atoms with Crippen molar-refractivity contribution in [3.05, 3.63) is 76.9 Å². The molecule has 3 aromatic carbocycles. The molecular formula is C25H22F5NO2S. The van der Waals surface area contributed by atoms with Crippen molar-refractivity contribution in [2.75, 3.05) is 5.32 Å². The zero-order chi connectivity index (χ0) is 25.4. The Balaban J connectivity index is 2.07. The summed E-state index contributed by atoms with van der Waals surface area (Å²) < 4.78 is 65.4. The van der Waals surface area contributed by atoms with Crippen molar-refractivity contribution < 1.29 is 31.9 Å². The van der Waals surface area contributed by atoms with Crippen LogP contribution < -0.4 is 5.32 Å². The van der Waals surface area contributed by atoms with Crippen molar-refractivity contribution in [3.63, 3.8) is 0 Å². The van der Waals surface area contributed by atoms with Crippen LogP contribution in [0.25, 0.3) is 11.1 Å². The molecule has 0 heterocycles. The molecular weight excluding hydrogens is 473 g/mol. The Hall–Kier alpha value is -3.07. The molecule has 180 valence electrons. The first kappa shape index (κ1) is 25.6. The Kier molecular flexibility index (Phi) is 6.98. The summed E-state index contributed by atoms with van der Waals surface area (Å²) >= 11 is -0.278. The largest absolute Gasteiger partial charge is 0.507 e. The van der Waals surface area contributed by atoms with Gasteiger partial charge in [0, 0.05) is 22.2 Å². The van der Waals surface area contributed by atoms with E-state index in [1.54, 1.807) is 13.0 Å². The highest BCUT2D eigenvalue weighted by molar-refractivity contribution is 8.00. The molecule has 2 N–H and O–H groups in total. The minimum absolute atomic E-state index is 0.0466. The lowest BCUT2D eigenvalue weighted by molar-refractivity contribution is -0.0328. The van der Waals surface area contributed by atoms with E-state index in [0.717, 1.165) is 18.2 Å². The number of halogens is 5. The molecule has 0 fully saturated rings. The van der Waals surface area contributed by atoms with Gasteiger partial charge in [-0.15, -0.1) is 0 Å². The van der Waals surface area contributed by atoms with Gasteiger partial charge < -0.3 is 10.4 Å². The smallest absolute Gasteiger partial charge is 0.446 e. The van der Waals surface area contributed by atoms with E-state index in [1.807, 2.05) is 20.8 Å². The molecule has 0 spiro atoms. The number of carbonyl (C=O) groups is 1. The van der Waals surface area contributed by atoms with Crippen LogP contribution in [-0.2, 0) is 5.41 Å². The van der Waals surface area contributed by atoms with Gasteiger partial charge in [0.05, 0.1) is 5.56 Å². The number of anilines is 1. The van der Waals surface area contributed by atoms with Crippen LogP contribution in [0.3, 0.4) is 0 Å². The van der Waals surface area contributed by atoms with Gasteiger partial charge in [-0.3, -0.25) is 4.79 Å². The molecule has 0 aliphatic carbocycles. The lowest BCUT2D eigenvalue weighted by Gasteiger charge is -2.25. The van der Waals surface area contributed by atoms with E-state index in [2.05, 4.69) is 5.32 Å². The number of nitrogens with one attached hydrogen (secondary N) is 1. The molecule has 3 aromatic rings. The average Bonchev–Trinajstić information content (AvgIpc) is 2.66. The second-order valence-electron chi connectivity index (χ2n) is 8.75. The Labute approximate surface area is 198 Å². The normalized spacial score (nSPS) is 12.0. The predicted molar refractivity (Wildman–Crippen MR) is 123 cm³/mol. The van der Waals surface area contributed by atoms with Gasteiger partial charge in [-0.2, -0.15) is 13.2 Å². The highest BCUT2D eigenvalue weighted by Crippen LogP contribution is 2.41. The van der Waals surface area contributed by atoms with E-state index in [0.29, 0.717) is 11.1 Å². The summed E-state index contributed by atoms with van der Waals surface area (Å²) in [5.74, 6) is -2.58. The van der Waals surface area contributed by atoms with Crippen LogP contribution in [0.4, 0.5) is 27.6 Å². The maximum absolute atomic E-state index is 13.9. The van der Waals surface area contributed by atoms with E-state index in [1.165, 1.54) is 24.3 Å². The number of phenols is 1. The van der Waals surface area contributed by atoms with Crippen molar-refractivity contribution in [2.45, 2.75) is 43.5 Å². The van der Waals surface area contributed by atoms with Gasteiger partial charge in [0.25, 0.3) is 5.91 Å². The lowest BCUT2D eigenvalue weighted by Crippen LogP contribution is -2.18. The van der Waals surface area contributed by atoms with Crippen molar-refractivity contribution >= 4 is 23.4 Å². The first-order valence-electron chi connectivity index (χ1n) is 10.2. The number of hydrogen-bond acceptors (Lipinski definition) is 3. The molecule has 1 amide bonds. The summed E-state index contributed by atoms with van der Waals surface area (Å²) in [5.41, 5.74) is -3.70. The Morgan fingerprint density at radius 2 is 1.50 bits per heavy atom. The summed E-state index contributed by atoms with van der Waals surface area (Å²) in [6.07, 6.45) is 0. The second-order valence-corrected chi connectivity index (χ2v) is 9.89. The van der Waals surface area contributed by atoms with Gasteiger partial charge in [-0.05, 0) is 83.3 Å². The third-order valence-electron chi connectivity index (χ3n) is 5.11. The summed E-state index contributed by atoms with van der Waals surface area (Å²) in [5, 5.41) is 13.5. The van der Waals surface area contributed by atoms with Crippen LogP contribution in [0.1, 0.15) is 42.3 Å². The van der Waals surface area contributed by atoms with Crippen LogP contribution >= 0.6 is 11.8 Å².